The van der Waals surface area contributed by atoms with Gasteiger partial charge in [0.25, 0.3) is 0 Å². The third-order valence-electron chi connectivity index (χ3n) is 3.02. The Bertz CT molecular complexity index is 623. The molecule has 0 fully saturated rings. The van der Waals surface area contributed by atoms with Crippen LogP contribution in [-0.2, 0) is 13.0 Å². The Morgan fingerprint density at radius 2 is 1.24 bits per heavy atom. The Morgan fingerprint density at radius 3 is 1.71 bits per heavy atom. The number of benzene rings is 2. The van der Waals surface area contributed by atoms with Gasteiger partial charge in [0.15, 0.2) is 23.3 Å². The van der Waals surface area contributed by atoms with E-state index in [1.165, 1.54) is 0 Å². The topological polar surface area (TPSA) is 9.23 Å². The fourth-order valence-corrected chi connectivity index (χ4v) is 1.75. The van der Waals surface area contributed by atoms with Crippen molar-refractivity contribution in [3.8, 4) is 5.75 Å². The summed E-state index contributed by atoms with van der Waals surface area (Å²) in [6.45, 7) is 1.20. The summed E-state index contributed by atoms with van der Waals surface area (Å²) in [5.41, 5.74) is 0.0320. The van der Waals surface area contributed by atoms with Crippen molar-refractivity contribution < 1.29 is 26.7 Å². The van der Waals surface area contributed by atoms with Gasteiger partial charge in [-0.15, -0.1) is 0 Å². The fraction of sp³-hybridized carbons (Fsp3) is 0.200. The van der Waals surface area contributed by atoms with Crippen molar-refractivity contribution in [1.82, 2.24) is 0 Å². The van der Waals surface area contributed by atoms with Crippen LogP contribution in [0.15, 0.2) is 24.3 Å². The molecule has 2 aromatic rings. The van der Waals surface area contributed by atoms with E-state index >= 15 is 0 Å². The monoisotopic (exact) mass is 302 g/mol. The van der Waals surface area contributed by atoms with Gasteiger partial charge in [0.2, 0.25) is 5.82 Å². The van der Waals surface area contributed by atoms with E-state index in [2.05, 4.69) is 0 Å². The maximum atomic E-state index is 13.4. The minimum atomic E-state index is -2.18. The number of aryl methyl sites for hydroxylation is 1. The molecule has 0 bridgehead atoms. The van der Waals surface area contributed by atoms with Gasteiger partial charge < -0.3 is 4.74 Å². The number of halogens is 5. The molecule has 0 aliphatic carbocycles. The van der Waals surface area contributed by atoms with Crippen LogP contribution in [0.5, 0.6) is 5.75 Å². The predicted molar refractivity (Wildman–Crippen MR) is 66.4 cm³/mol. The van der Waals surface area contributed by atoms with Crippen molar-refractivity contribution in [2.24, 2.45) is 0 Å². The summed E-state index contributed by atoms with van der Waals surface area (Å²) in [6.07, 6.45) is 0.803. The highest BCUT2D eigenvalue weighted by Crippen LogP contribution is 2.24. The molecule has 0 saturated heterocycles. The molecule has 0 saturated carbocycles. The number of hydrogen-bond donors (Lipinski definition) is 0. The average molecular weight is 302 g/mol. The summed E-state index contributed by atoms with van der Waals surface area (Å²) in [6, 6.07) is 6.61. The first-order valence-corrected chi connectivity index (χ1v) is 6.17. The lowest BCUT2D eigenvalue weighted by molar-refractivity contribution is 0.279. The van der Waals surface area contributed by atoms with Crippen LogP contribution in [0.4, 0.5) is 22.0 Å². The fourth-order valence-electron chi connectivity index (χ4n) is 1.75. The molecule has 0 aliphatic heterocycles. The molecule has 0 heterocycles. The Hall–Kier alpha value is -2.11. The highest BCUT2D eigenvalue weighted by Gasteiger charge is 2.25. The summed E-state index contributed by atoms with van der Waals surface area (Å²) >= 11 is 0. The zero-order valence-electron chi connectivity index (χ0n) is 11.0. The summed E-state index contributed by atoms with van der Waals surface area (Å²) < 4.78 is 70.8. The first-order valence-electron chi connectivity index (χ1n) is 6.17. The van der Waals surface area contributed by atoms with E-state index in [9.17, 15) is 22.0 Å². The summed E-state index contributed by atoms with van der Waals surface area (Å²) in [7, 11) is 0. The minimum absolute atomic E-state index is 0.274. The van der Waals surface area contributed by atoms with Crippen LogP contribution < -0.4 is 4.74 Å². The molecule has 0 unspecified atom stereocenters. The molecule has 0 amide bonds. The van der Waals surface area contributed by atoms with E-state index in [1.54, 1.807) is 24.3 Å². The molecule has 6 heteroatoms. The lowest BCUT2D eigenvalue weighted by atomic mass is 10.1. The van der Waals surface area contributed by atoms with Gasteiger partial charge in [0.1, 0.15) is 12.4 Å². The van der Waals surface area contributed by atoms with Gasteiger partial charge in [-0.1, -0.05) is 19.1 Å². The highest BCUT2D eigenvalue weighted by atomic mass is 19.2. The van der Waals surface area contributed by atoms with Gasteiger partial charge in [-0.05, 0) is 24.1 Å². The second-order valence-corrected chi connectivity index (χ2v) is 4.33. The zero-order chi connectivity index (χ0) is 15.6. The Labute approximate surface area is 118 Å². The Kier molecular flexibility index (Phi) is 4.45. The normalized spacial score (nSPS) is 10.8. The van der Waals surface area contributed by atoms with E-state index in [0.717, 1.165) is 12.0 Å². The van der Waals surface area contributed by atoms with E-state index in [0.29, 0.717) is 0 Å². The maximum Gasteiger partial charge on any atom is 0.200 e. The van der Waals surface area contributed by atoms with E-state index in [1.807, 2.05) is 6.92 Å². The number of rotatable bonds is 4. The molecule has 1 nitrogen and oxygen atoms in total. The molecule has 0 aliphatic rings. The minimum Gasteiger partial charge on any atom is -0.489 e. The van der Waals surface area contributed by atoms with Gasteiger partial charge in [-0.25, -0.2) is 22.0 Å². The lowest BCUT2D eigenvalue weighted by Crippen LogP contribution is -2.09. The summed E-state index contributed by atoms with van der Waals surface area (Å²) in [4.78, 5) is 0. The average Bonchev–Trinajstić information content (AvgIpc) is 2.51. The number of ether oxygens (including phenoxy) is 1. The van der Waals surface area contributed by atoms with Gasteiger partial charge >= 0.3 is 0 Å². The summed E-state index contributed by atoms with van der Waals surface area (Å²) in [5, 5.41) is 0. The standard InChI is InChI=1S/C15H11F5O/c1-2-8-3-5-9(6-4-8)21-7-10-11(16)13(18)15(20)14(19)12(10)17/h3-6H,2,7H2,1H3. The first-order chi connectivity index (χ1) is 9.95. The Balaban J connectivity index is 2.23. The first kappa shape index (κ1) is 15.3. The zero-order valence-corrected chi connectivity index (χ0v) is 11.0. The second kappa shape index (κ2) is 6.11. The van der Waals surface area contributed by atoms with Crippen LogP contribution >= 0.6 is 0 Å². The van der Waals surface area contributed by atoms with Crippen molar-refractivity contribution in [1.29, 1.82) is 0 Å². The van der Waals surface area contributed by atoms with Gasteiger partial charge in [-0.2, -0.15) is 0 Å². The molecule has 2 rings (SSSR count). The molecule has 0 spiro atoms. The van der Waals surface area contributed by atoms with Gasteiger partial charge in [-0.3, -0.25) is 0 Å². The van der Waals surface area contributed by atoms with Crippen molar-refractivity contribution in [2.45, 2.75) is 20.0 Å². The van der Waals surface area contributed by atoms with E-state index in [4.69, 9.17) is 4.74 Å². The molecule has 2 aromatic carbocycles. The lowest BCUT2D eigenvalue weighted by Gasteiger charge is -2.10. The van der Waals surface area contributed by atoms with Gasteiger partial charge in [0, 0.05) is 0 Å². The summed E-state index contributed by atoms with van der Waals surface area (Å²) in [5.74, 6) is -9.62. The SMILES string of the molecule is CCc1ccc(OCc2c(F)c(F)c(F)c(F)c2F)cc1. The third kappa shape index (κ3) is 2.99. The van der Waals surface area contributed by atoms with Crippen molar-refractivity contribution in [2.75, 3.05) is 0 Å². The molecule has 0 atom stereocenters. The molecule has 112 valence electrons. The number of hydrogen-bond acceptors (Lipinski definition) is 1. The smallest absolute Gasteiger partial charge is 0.200 e. The molecule has 0 aromatic heterocycles. The van der Waals surface area contributed by atoms with Crippen molar-refractivity contribution in [3.63, 3.8) is 0 Å². The molecule has 0 N–H and O–H groups in total. The van der Waals surface area contributed by atoms with Crippen LogP contribution in [-0.4, -0.2) is 0 Å². The second-order valence-electron chi connectivity index (χ2n) is 4.33. The Morgan fingerprint density at radius 1 is 0.762 bits per heavy atom. The van der Waals surface area contributed by atoms with E-state index in [-0.39, 0.29) is 5.75 Å². The highest BCUT2D eigenvalue weighted by molar-refractivity contribution is 5.28. The molecular formula is C15H11F5O. The van der Waals surface area contributed by atoms with Crippen LogP contribution in [0.2, 0.25) is 0 Å². The van der Waals surface area contributed by atoms with Crippen LogP contribution in [0.3, 0.4) is 0 Å². The molecule has 21 heavy (non-hydrogen) atoms. The largest absolute Gasteiger partial charge is 0.489 e. The predicted octanol–water partition coefficient (Wildman–Crippen LogP) is 4.52. The van der Waals surface area contributed by atoms with Gasteiger partial charge in [0.05, 0.1) is 5.56 Å². The third-order valence-corrected chi connectivity index (χ3v) is 3.02. The van der Waals surface area contributed by atoms with Crippen molar-refractivity contribution >= 4 is 0 Å². The van der Waals surface area contributed by atoms with Crippen molar-refractivity contribution in [3.05, 3.63) is 64.5 Å². The van der Waals surface area contributed by atoms with E-state index < -0.39 is 41.3 Å². The quantitative estimate of drug-likeness (QED) is 0.458. The molecule has 0 radical (unpaired) electrons. The maximum absolute atomic E-state index is 13.4. The van der Waals surface area contributed by atoms with Crippen LogP contribution in [0.25, 0.3) is 0 Å². The molecular weight excluding hydrogens is 291 g/mol. The van der Waals surface area contributed by atoms with Crippen LogP contribution in [0.1, 0.15) is 18.1 Å². The van der Waals surface area contributed by atoms with Crippen LogP contribution in [0, 0.1) is 29.1 Å².